The van der Waals surface area contributed by atoms with Crippen molar-refractivity contribution in [1.29, 1.82) is 0 Å². The van der Waals surface area contributed by atoms with Gasteiger partial charge in [-0.15, -0.1) is 0 Å². The minimum absolute atomic E-state index is 0.392. The topological polar surface area (TPSA) is 26.3 Å². The summed E-state index contributed by atoms with van der Waals surface area (Å²) in [4.78, 5) is 11.7. The van der Waals surface area contributed by atoms with Gasteiger partial charge in [0.1, 0.15) is 0 Å². The molecule has 2 rings (SSSR count). The molecule has 0 atom stereocenters. The van der Waals surface area contributed by atoms with Gasteiger partial charge in [-0.25, -0.2) is 4.79 Å². The van der Waals surface area contributed by atoms with Crippen molar-refractivity contribution in [2.45, 2.75) is 0 Å². The number of ether oxygens (including phenoxy) is 1. The molecule has 2 aromatic carbocycles. The zero-order valence-electron chi connectivity index (χ0n) is 9.61. The summed E-state index contributed by atoms with van der Waals surface area (Å²) in [5, 5.41) is 1.05. The lowest BCUT2D eigenvalue weighted by atomic mass is 10.00. The summed E-state index contributed by atoms with van der Waals surface area (Å²) in [6.45, 7) is 0. The van der Waals surface area contributed by atoms with Crippen LogP contribution < -0.4 is 0 Å². The lowest BCUT2D eigenvalue weighted by molar-refractivity contribution is 0.0601. The molecule has 4 heteroatoms. The molecule has 0 heterocycles. The Morgan fingerprint density at radius 3 is 2.44 bits per heavy atom. The number of carbonyl (C=O) groups excluding carboxylic acids is 1. The van der Waals surface area contributed by atoms with E-state index in [9.17, 15) is 4.79 Å². The number of hydrogen-bond donors (Lipinski definition) is 0. The highest BCUT2D eigenvalue weighted by Gasteiger charge is 2.14. The second-order valence-electron chi connectivity index (χ2n) is 3.66. The van der Waals surface area contributed by atoms with Crippen molar-refractivity contribution in [3.8, 4) is 11.1 Å². The van der Waals surface area contributed by atoms with Crippen LogP contribution in [0.5, 0.6) is 0 Å². The van der Waals surface area contributed by atoms with Crippen molar-refractivity contribution in [1.82, 2.24) is 0 Å². The van der Waals surface area contributed by atoms with Gasteiger partial charge in [-0.2, -0.15) is 0 Å². The van der Waals surface area contributed by atoms with Crippen LogP contribution in [-0.4, -0.2) is 13.1 Å². The maximum Gasteiger partial charge on any atom is 0.338 e. The summed E-state index contributed by atoms with van der Waals surface area (Å²) in [7, 11) is 1.35. The Hall–Kier alpha value is -1.51. The molecule has 0 saturated carbocycles. The molecule has 0 aliphatic carbocycles. The van der Waals surface area contributed by atoms with Gasteiger partial charge in [0.15, 0.2) is 0 Å². The van der Waals surface area contributed by atoms with Gasteiger partial charge in [0.25, 0.3) is 0 Å². The molecule has 0 radical (unpaired) electrons. The minimum Gasteiger partial charge on any atom is -0.465 e. The predicted molar refractivity (Wildman–Crippen MR) is 73.2 cm³/mol. The van der Waals surface area contributed by atoms with Crippen LogP contribution in [0.3, 0.4) is 0 Å². The first-order chi connectivity index (χ1) is 8.63. The predicted octanol–water partition coefficient (Wildman–Crippen LogP) is 4.45. The molecule has 2 aromatic rings. The highest BCUT2D eigenvalue weighted by molar-refractivity contribution is 6.36. The van der Waals surface area contributed by atoms with Crippen LogP contribution in [0.1, 0.15) is 10.4 Å². The quantitative estimate of drug-likeness (QED) is 0.760. The van der Waals surface area contributed by atoms with E-state index >= 15 is 0 Å². The van der Waals surface area contributed by atoms with Gasteiger partial charge in [-0.05, 0) is 23.8 Å². The molecule has 0 spiro atoms. The standard InChI is InChI=1S/C14H10Cl2O2/c1-18-14(17)12-5-3-2-4-10(12)11-7-6-9(15)8-13(11)16/h2-8H,1H3. The maximum absolute atomic E-state index is 11.7. The Bertz CT molecular complexity index is 594. The molecule has 0 bridgehead atoms. The summed E-state index contributed by atoms with van der Waals surface area (Å²) in [6, 6.07) is 12.3. The molecule has 0 fully saturated rings. The smallest absolute Gasteiger partial charge is 0.338 e. The number of benzene rings is 2. The van der Waals surface area contributed by atoms with Crippen molar-refractivity contribution < 1.29 is 9.53 Å². The van der Waals surface area contributed by atoms with E-state index in [-0.39, 0.29) is 0 Å². The number of carbonyl (C=O) groups is 1. The van der Waals surface area contributed by atoms with E-state index in [1.807, 2.05) is 12.1 Å². The number of hydrogen-bond acceptors (Lipinski definition) is 2. The van der Waals surface area contributed by atoms with Crippen molar-refractivity contribution in [2.24, 2.45) is 0 Å². The normalized spacial score (nSPS) is 10.2. The first-order valence-electron chi connectivity index (χ1n) is 5.26. The van der Waals surface area contributed by atoms with Crippen LogP contribution in [0.4, 0.5) is 0 Å². The van der Waals surface area contributed by atoms with Crippen molar-refractivity contribution >= 4 is 29.2 Å². The monoisotopic (exact) mass is 280 g/mol. The average Bonchev–Trinajstić information content (AvgIpc) is 2.38. The first kappa shape index (κ1) is 12.9. The lowest BCUT2D eigenvalue weighted by Crippen LogP contribution is -2.03. The van der Waals surface area contributed by atoms with Crippen molar-refractivity contribution in [3.63, 3.8) is 0 Å². The second kappa shape index (κ2) is 5.42. The second-order valence-corrected chi connectivity index (χ2v) is 4.50. The molecule has 18 heavy (non-hydrogen) atoms. The maximum atomic E-state index is 11.7. The van der Waals surface area contributed by atoms with E-state index in [2.05, 4.69) is 0 Å². The molecular formula is C14H10Cl2O2. The highest BCUT2D eigenvalue weighted by atomic mass is 35.5. The Labute approximate surface area is 115 Å². The number of methoxy groups -OCH3 is 1. The fourth-order valence-electron chi connectivity index (χ4n) is 1.71. The molecular weight excluding hydrogens is 271 g/mol. The molecule has 0 saturated heterocycles. The van der Waals surface area contributed by atoms with Gasteiger partial charge in [-0.3, -0.25) is 0 Å². The van der Waals surface area contributed by atoms with E-state index in [1.165, 1.54) is 7.11 Å². The zero-order chi connectivity index (χ0) is 13.1. The van der Waals surface area contributed by atoms with Gasteiger partial charge in [0.05, 0.1) is 12.7 Å². The third-order valence-corrected chi connectivity index (χ3v) is 3.10. The number of rotatable bonds is 2. The first-order valence-corrected chi connectivity index (χ1v) is 6.02. The SMILES string of the molecule is COC(=O)c1ccccc1-c1ccc(Cl)cc1Cl. The van der Waals surface area contributed by atoms with E-state index in [0.717, 1.165) is 11.1 Å². The Morgan fingerprint density at radius 2 is 1.78 bits per heavy atom. The molecule has 0 aliphatic rings. The van der Waals surface area contributed by atoms with Gasteiger partial charge in [0.2, 0.25) is 0 Å². The van der Waals surface area contributed by atoms with Crippen LogP contribution in [0.25, 0.3) is 11.1 Å². The van der Waals surface area contributed by atoms with Gasteiger partial charge >= 0.3 is 5.97 Å². The van der Waals surface area contributed by atoms with E-state index in [1.54, 1.807) is 30.3 Å². The van der Waals surface area contributed by atoms with E-state index < -0.39 is 5.97 Å². The van der Waals surface area contributed by atoms with Crippen molar-refractivity contribution in [3.05, 3.63) is 58.1 Å². The van der Waals surface area contributed by atoms with Crippen LogP contribution in [0.2, 0.25) is 10.0 Å². The fraction of sp³-hybridized carbons (Fsp3) is 0.0714. The molecule has 0 aromatic heterocycles. The zero-order valence-corrected chi connectivity index (χ0v) is 11.1. The third-order valence-electron chi connectivity index (χ3n) is 2.55. The van der Waals surface area contributed by atoms with Gasteiger partial charge < -0.3 is 4.74 Å². The molecule has 0 aliphatic heterocycles. The summed E-state index contributed by atoms with van der Waals surface area (Å²) in [6.07, 6.45) is 0. The average molecular weight is 281 g/mol. The fourth-order valence-corrected chi connectivity index (χ4v) is 2.22. The molecule has 2 nitrogen and oxygen atoms in total. The Balaban J connectivity index is 2.60. The van der Waals surface area contributed by atoms with Crippen LogP contribution in [0, 0.1) is 0 Å². The highest BCUT2D eigenvalue weighted by Crippen LogP contribution is 2.32. The van der Waals surface area contributed by atoms with Gasteiger partial charge in [0, 0.05) is 15.6 Å². The van der Waals surface area contributed by atoms with Crippen LogP contribution >= 0.6 is 23.2 Å². The van der Waals surface area contributed by atoms with Crippen molar-refractivity contribution in [2.75, 3.05) is 7.11 Å². The number of esters is 1. The summed E-state index contributed by atoms with van der Waals surface area (Å²) < 4.78 is 4.75. The number of halogens is 2. The largest absolute Gasteiger partial charge is 0.465 e. The molecule has 0 amide bonds. The minimum atomic E-state index is -0.392. The molecule has 92 valence electrons. The Kier molecular flexibility index (Phi) is 3.90. The lowest BCUT2D eigenvalue weighted by Gasteiger charge is -2.09. The molecule has 0 N–H and O–H groups in total. The van der Waals surface area contributed by atoms with Gasteiger partial charge in [-0.1, -0.05) is 47.5 Å². The molecule has 0 unspecified atom stereocenters. The summed E-state index contributed by atoms with van der Waals surface area (Å²) in [5.74, 6) is -0.392. The van der Waals surface area contributed by atoms with Crippen LogP contribution in [0.15, 0.2) is 42.5 Å². The van der Waals surface area contributed by atoms with E-state index in [0.29, 0.717) is 15.6 Å². The Morgan fingerprint density at radius 1 is 1.06 bits per heavy atom. The van der Waals surface area contributed by atoms with E-state index in [4.69, 9.17) is 27.9 Å². The third kappa shape index (κ3) is 2.50. The summed E-state index contributed by atoms with van der Waals surface area (Å²) >= 11 is 12.0. The summed E-state index contributed by atoms with van der Waals surface area (Å²) in [5.41, 5.74) is 1.96. The van der Waals surface area contributed by atoms with Crippen LogP contribution in [-0.2, 0) is 4.74 Å².